The van der Waals surface area contributed by atoms with Crippen LogP contribution in [0.1, 0.15) is 225 Å². The number of rotatable bonds is 35. The largest absolute Gasteiger partial charge is 0.325 e. The molecule has 0 aliphatic carbocycles. The molecular weight excluding hydrogens is 511 g/mol. The predicted molar refractivity (Wildman–Crippen MR) is 180 cm³/mol. The molecule has 3 nitrogen and oxygen atoms in total. The van der Waals surface area contributed by atoms with Crippen molar-refractivity contribution >= 4 is 7.60 Å². The molecule has 0 radical (unpaired) electrons. The van der Waals surface area contributed by atoms with E-state index in [1.165, 1.54) is 199 Å². The fraction of sp³-hybridized carbons (Fsp3) is 1.00. The van der Waals surface area contributed by atoms with Crippen LogP contribution >= 0.6 is 7.60 Å². The number of hydrogen-bond acceptors (Lipinski definition) is 1. The first-order valence-corrected chi connectivity index (χ1v) is 20.4. The highest BCUT2D eigenvalue weighted by molar-refractivity contribution is 7.51. The molecule has 0 aromatic heterocycles. The van der Waals surface area contributed by atoms with E-state index in [1.807, 2.05) is 0 Å². The quantitative estimate of drug-likeness (QED) is 0.0573. The minimum absolute atomic E-state index is 0.0621. The summed E-state index contributed by atoms with van der Waals surface area (Å²) >= 11 is 0. The van der Waals surface area contributed by atoms with Gasteiger partial charge in [0.25, 0.3) is 0 Å². The minimum Gasteiger partial charge on any atom is -0.324 e. The lowest BCUT2D eigenvalue weighted by Crippen LogP contribution is -1.88. The van der Waals surface area contributed by atoms with Gasteiger partial charge in [-0.05, 0) is 6.42 Å². The lowest BCUT2D eigenvalue weighted by Gasteiger charge is -2.05. The Bertz CT molecular complexity index is 504. The Morgan fingerprint density at radius 1 is 0.300 bits per heavy atom. The van der Waals surface area contributed by atoms with Gasteiger partial charge in [0.1, 0.15) is 0 Å². The van der Waals surface area contributed by atoms with Gasteiger partial charge in [0, 0.05) is 6.16 Å². The Kier molecular flexibility index (Phi) is 33.8. The summed E-state index contributed by atoms with van der Waals surface area (Å²) in [6, 6.07) is 0. The molecule has 0 saturated carbocycles. The molecule has 0 rings (SSSR count). The SMILES string of the molecule is CCCCCCCCCCCCCCCCCCCCCCCCCCCCCCCCCCCCP(=O)(O)O. The topological polar surface area (TPSA) is 57.5 Å². The molecule has 0 bridgehead atoms. The van der Waals surface area contributed by atoms with E-state index in [9.17, 15) is 4.57 Å². The Balaban J connectivity index is 3.04. The molecule has 4 heteroatoms. The van der Waals surface area contributed by atoms with Crippen molar-refractivity contribution in [3.05, 3.63) is 0 Å². The van der Waals surface area contributed by atoms with Crippen LogP contribution in [-0.2, 0) is 4.57 Å². The molecule has 2 N–H and O–H groups in total. The van der Waals surface area contributed by atoms with Gasteiger partial charge in [0.15, 0.2) is 0 Å². The van der Waals surface area contributed by atoms with E-state index in [0.717, 1.165) is 12.8 Å². The molecule has 0 unspecified atom stereocenters. The smallest absolute Gasteiger partial charge is 0.324 e. The first kappa shape index (κ1) is 40.1. The fourth-order valence-corrected chi connectivity index (χ4v) is 6.68. The van der Waals surface area contributed by atoms with Crippen LogP contribution in [0.25, 0.3) is 0 Å². The molecule has 40 heavy (non-hydrogen) atoms. The summed E-state index contributed by atoms with van der Waals surface area (Å²) in [6.07, 6.45) is 47.3. The standard InChI is InChI=1S/C36H75O3P/c1-2-3-4-5-6-7-8-9-10-11-12-13-14-15-16-17-18-19-20-21-22-23-24-25-26-27-28-29-30-31-32-33-34-35-36-40(37,38)39/h2-36H2,1H3,(H2,37,38,39). The highest BCUT2D eigenvalue weighted by Gasteiger charge is 2.10. The second-order valence-electron chi connectivity index (χ2n) is 13.1. The minimum atomic E-state index is -3.77. The van der Waals surface area contributed by atoms with E-state index < -0.39 is 7.60 Å². The summed E-state index contributed by atoms with van der Waals surface area (Å²) in [5.41, 5.74) is 0. The molecule has 0 aliphatic rings. The molecule has 0 spiro atoms. The van der Waals surface area contributed by atoms with Gasteiger partial charge in [-0.2, -0.15) is 0 Å². The molecule has 242 valence electrons. The zero-order chi connectivity index (χ0) is 29.2. The highest BCUT2D eigenvalue weighted by atomic mass is 31.2. The fourth-order valence-electron chi connectivity index (χ4n) is 6.05. The molecule has 0 amide bonds. The van der Waals surface area contributed by atoms with Gasteiger partial charge in [-0.15, -0.1) is 0 Å². The molecular formula is C36H75O3P. The zero-order valence-corrected chi connectivity index (χ0v) is 28.4. The molecule has 0 aromatic rings. The van der Waals surface area contributed by atoms with Crippen molar-refractivity contribution in [2.75, 3.05) is 6.16 Å². The Morgan fingerprint density at radius 3 is 0.600 bits per heavy atom. The molecule has 0 saturated heterocycles. The maximum Gasteiger partial charge on any atom is 0.325 e. The summed E-state index contributed by atoms with van der Waals surface area (Å²) in [5, 5.41) is 0. The van der Waals surface area contributed by atoms with Crippen molar-refractivity contribution in [1.82, 2.24) is 0 Å². The van der Waals surface area contributed by atoms with Gasteiger partial charge < -0.3 is 9.79 Å². The lowest BCUT2D eigenvalue weighted by atomic mass is 10.0. The van der Waals surface area contributed by atoms with Crippen LogP contribution in [0, 0.1) is 0 Å². The predicted octanol–water partition coefficient (Wildman–Crippen LogP) is 13.4. The van der Waals surface area contributed by atoms with Crippen LogP contribution in [0.5, 0.6) is 0 Å². The molecule has 0 aliphatic heterocycles. The normalized spacial score (nSPS) is 12.0. The summed E-state index contributed by atoms with van der Waals surface area (Å²) < 4.78 is 10.8. The van der Waals surface area contributed by atoms with Crippen LogP contribution < -0.4 is 0 Å². The average molecular weight is 587 g/mol. The molecule has 0 atom stereocenters. The van der Waals surface area contributed by atoms with Gasteiger partial charge in [-0.1, -0.05) is 219 Å². The Morgan fingerprint density at radius 2 is 0.450 bits per heavy atom. The molecule has 0 heterocycles. The van der Waals surface area contributed by atoms with Crippen molar-refractivity contribution < 1.29 is 14.4 Å². The summed E-state index contributed by atoms with van der Waals surface area (Å²) in [4.78, 5) is 17.7. The van der Waals surface area contributed by atoms with Crippen molar-refractivity contribution in [1.29, 1.82) is 0 Å². The van der Waals surface area contributed by atoms with Crippen LogP contribution in [0.4, 0.5) is 0 Å². The van der Waals surface area contributed by atoms with Crippen molar-refractivity contribution in [3.8, 4) is 0 Å². The van der Waals surface area contributed by atoms with Crippen LogP contribution in [0.2, 0.25) is 0 Å². The van der Waals surface area contributed by atoms with Crippen LogP contribution in [0.15, 0.2) is 0 Å². The second-order valence-corrected chi connectivity index (χ2v) is 14.8. The number of hydrogen-bond donors (Lipinski definition) is 2. The van der Waals surface area contributed by atoms with Gasteiger partial charge in [0.2, 0.25) is 0 Å². The third-order valence-electron chi connectivity index (χ3n) is 8.80. The summed E-state index contributed by atoms with van der Waals surface area (Å²) in [7, 11) is -3.77. The lowest BCUT2D eigenvalue weighted by molar-refractivity contribution is 0.370. The second kappa shape index (κ2) is 33.6. The summed E-state index contributed by atoms with van der Waals surface area (Å²) in [5.74, 6) is 0. The van der Waals surface area contributed by atoms with Crippen molar-refractivity contribution in [2.45, 2.75) is 225 Å². The maximum atomic E-state index is 10.8. The average Bonchev–Trinajstić information content (AvgIpc) is 2.92. The van der Waals surface area contributed by atoms with E-state index in [1.54, 1.807) is 0 Å². The van der Waals surface area contributed by atoms with Gasteiger partial charge in [-0.3, -0.25) is 4.57 Å². The number of unbranched alkanes of at least 4 members (excludes halogenated alkanes) is 33. The molecule has 0 aromatic carbocycles. The third-order valence-corrected chi connectivity index (χ3v) is 9.70. The Labute approximate surface area is 253 Å². The van der Waals surface area contributed by atoms with E-state index in [-0.39, 0.29) is 6.16 Å². The van der Waals surface area contributed by atoms with E-state index in [0.29, 0.717) is 6.42 Å². The van der Waals surface area contributed by atoms with Gasteiger partial charge >= 0.3 is 7.60 Å². The highest BCUT2D eigenvalue weighted by Crippen LogP contribution is 2.35. The maximum absolute atomic E-state index is 10.8. The first-order valence-electron chi connectivity index (χ1n) is 18.6. The summed E-state index contributed by atoms with van der Waals surface area (Å²) in [6.45, 7) is 2.30. The zero-order valence-electron chi connectivity index (χ0n) is 27.5. The van der Waals surface area contributed by atoms with Gasteiger partial charge in [-0.25, -0.2) is 0 Å². The Hall–Kier alpha value is 0.150. The molecule has 0 fully saturated rings. The van der Waals surface area contributed by atoms with Crippen molar-refractivity contribution in [2.24, 2.45) is 0 Å². The van der Waals surface area contributed by atoms with Gasteiger partial charge in [0.05, 0.1) is 0 Å². The first-order chi connectivity index (χ1) is 19.6. The monoisotopic (exact) mass is 587 g/mol. The van der Waals surface area contributed by atoms with E-state index in [2.05, 4.69) is 6.92 Å². The van der Waals surface area contributed by atoms with E-state index >= 15 is 0 Å². The van der Waals surface area contributed by atoms with Crippen LogP contribution in [-0.4, -0.2) is 15.9 Å². The third kappa shape index (κ3) is 38.1. The van der Waals surface area contributed by atoms with E-state index in [4.69, 9.17) is 9.79 Å². The van der Waals surface area contributed by atoms with Crippen LogP contribution in [0.3, 0.4) is 0 Å². The van der Waals surface area contributed by atoms with Crippen molar-refractivity contribution in [3.63, 3.8) is 0 Å².